The Bertz CT molecular complexity index is 275. The highest BCUT2D eigenvalue weighted by molar-refractivity contribution is 5.81. The Hall–Kier alpha value is -1.30. The van der Waals surface area contributed by atoms with Crippen LogP contribution in [0.15, 0.2) is 0 Å². The molecule has 1 fully saturated rings. The molecule has 2 amide bonds. The van der Waals surface area contributed by atoms with E-state index in [4.69, 9.17) is 4.74 Å². The van der Waals surface area contributed by atoms with E-state index in [1.54, 1.807) is 13.8 Å². The van der Waals surface area contributed by atoms with E-state index in [-0.39, 0.29) is 17.9 Å². The summed E-state index contributed by atoms with van der Waals surface area (Å²) < 4.78 is 9.77. The number of hydrogen-bond acceptors (Lipinski definition) is 4. The molecule has 1 heterocycles. The van der Waals surface area contributed by atoms with Crippen molar-refractivity contribution in [3.8, 4) is 0 Å². The van der Waals surface area contributed by atoms with E-state index < -0.39 is 6.09 Å². The summed E-state index contributed by atoms with van der Waals surface area (Å²) in [5.74, 6) is -0.280. The van der Waals surface area contributed by atoms with Crippen molar-refractivity contribution in [1.29, 1.82) is 0 Å². The second kappa shape index (κ2) is 6.44. The van der Waals surface area contributed by atoms with E-state index in [0.717, 1.165) is 12.8 Å². The summed E-state index contributed by atoms with van der Waals surface area (Å²) in [5.41, 5.74) is 2.48. The van der Waals surface area contributed by atoms with E-state index in [2.05, 4.69) is 10.2 Å². The fourth-order valence-electron chi connectivity index (χ4n) is 1.69. The van der Waals surface area contributed by atoms with Crippen molar-refractivity contribution in [2.75, 3.05) is 20.3 Å². The van der Waals surface area contributed by atoms with Crippen LogP contribution in [0.1, 0.15) is 26.7 Å². The molecule has 0 radical (unpaired) electrons. The molecule has 1 N–H and O–H groups in total. The smallest absolute Gasteiger partial charge is 0.425 e. The lowest BCUT2D eigenvalue weighted by molar-refractivity contribution is -0.142. The second-order valence-electron chi connectivity index (χ2n) is 4.31. The summed E-state index contributed by atoms with van der Waals surface area (Å²) >= 11 is 0. The third-order valence-electron chi connectivity index (χ3n) is 2.68. The van der Waals surface area contributed by atoms with E-state index in [0.29, 0.717) is 13.2 Å². The molecule has 0 saturated carbocycles. The molecular formula is C11H20N2O4. The molecule has 6 nitrogen and oxygen atoms in total. The number of hydrogen-bond donors (Lipinski definition) is 1. The number of amides is 2. The maximum atomic E-state index is 12.0. The van der Waals surface area contributed by atoms with Gasteiger partial charge in [-0.2, -0.15) is 0 Å². The molecule has 1 aliphatic rings. The van der Waals surface area contributed by atoms with Crippen LogP contribution in [-0.2, 0) is 14.3 Å². The monoisotopic (exact) mass is 244 g/mol. The van der Waals surface area contributed by atoms with Crippen molar-refractivity contribution in [2.24, 2.45) is 5.92 Å². The summed E-state index contributed by atoms with van der Waals surface area (Å²) in [6.07, 6.45) is 0.829. The second-order valence-corrected chi connectivity index (χ2v) is 4.31. The fourth-order valence-corrected chi connectivity index (χ4v) is 1.69. The lowest BCUT2D eigenvalue weighted by Crippen LogP contribution is -2.54. The first-order chi connectivity index (χ1) is 8.06. The van der Waals surface area contributed by atoms with Gasteiger partial charge in [0.15, 0.2) is 0 Å². The maximum Gasteiger partial charge on any atom is 0.425 e. The molecule has 6 heteroatoms. The molecule has 0 atom stereocenters. The summed E-state index contributed by atoms with van der Waals surface area (Å²) in [6.45, 7) is 4.81. The molecular weight excluding hydrogens is 224 g/mol. The van der Waals surface area contributed by atoms with Gasteiger partial charge in [-0.05, 0) is 12.8 Å². The molecule has 0 spiro atoms. The topological polar surface area (TPSA) is 67.9 Å². The number of nitrogens with one attached hydrogen (secondary N) is 1. The van der Waals surface area contributed by atoms with E-state index in [1.807, 2.05) is 0 Å². The third kappa shape index (κ3) is 3.89. The highest BCUT2D eigenvalue weighted by Crippen LogP contribution is 2.15. The molecule has 17 heavy (non-hydrogen) atoms. The number of rotatable bonds is 2. The van der Waals surface area contributed by atoms with Gasteiger partial charge in [0.05, 0.1) is 13.2 Å². The van der Waals surface area contributed by atoms with Crippen molar-refractivity contribution in [3.05, 3.63) is 0 Å². The van der Waals surface area contributed by atoms with E-state index in [9.17, 15) is 9.59 Å². The lowest BCUT2D eigenvalue weighted by Gasteiger charge is -2.34. The van der Waals surface area contributed by atoms with Crippen LogP contribution in [0.25, 0.3) is 0 Å². The zero-order valence-electron chi connectivity index (χ0n) is 10.6. The van der Waals surface area contributed by atoms with Gasteiger partial charge in [0, 0.05) is 19.1 Å². The molecule has 1 rings (SSSR count). The number of nitrogens with zero attached hydrogens (tertiary/aromatic N) is 1. The van der Waals surface area contributed by atoms with E-state index in [1.165, 1.54) is 12.1 Å². The largest absolute Gasteiger partial charge is 0.452 e. The first-order valence-electron chi connectivity index (χ1n) is 5.81. The molecule has 98 valence electrons. The lowest BCUT2D eigenvalue weighted by atomic mass is 10.1. The predicted octanol–water partition coefficient (Wildman–Crippen LogP) is 0.921. The molecule has 0 unspecified atom stereocenters. The highest BCUT2D eigenvalue weighted by atomic mass is 16.5. The van der Waals surface area contributed by atoms with Crippen molar-refractivity contribution in [1.82, 2.24) is 10.4 Å². The minimum absolute atomic E-state index is 0.0160. The van der Waals surface area contributed by atoms with Crippen LogP contribution in [-0.4, -0.2) is 43.4 Å². The van der Waals surface area contributed by atoms with Gasteiger partial charge < -0.3 is 9.47 Å². The van der Waals surface area contributed by atoms with Crippen molar-refractivity contribution < 1.29 is 19.1 Å². The van der Waals surface area contributed by atoms with Crippen LogP contribution in [0, 0.1) is 5.92 Å². The molecule has 0 aromatic rings. The van der Waals surface area contributed by atoms with Crippen LogP contribution >= 0.6 is 0 Å². The Kier molecular flexibility index (Phi) is 5.21. The molecule has 0 aliphatic carbocycles. The fraction of sp³-hybridized carbons (Fsp3) is 0.818. The first kappa shape index (κ1) is 13.8. The van der Waals surface area contributed by atoms with Gasteiger partial charge in [0.1, 0.15) is 0 Å². The zero-order valence-corrected chi connectivity index (χ0v) is 10.6. The van der Waals surface area contributed by atoms with Gasteiger partial charge in [-0.15, -0.1) is 0 Å². The van der Waals surface area contributed by atoms with Gasteiger partial charge in [0.2, 0.25) is 5.91 Å². The molecule has 1 saturated heterocycles. The Morgan fingerprint density at radius 1 is 1.35 bits per heavy atom. The van der Waals surface area contributed by atoms with Gasteiger partial charge in [-0.3, -0.25) is 4.79 Å². The summed E-state index contributed by atoms with van der Waals surface area (Å²) in [5, 5.41) is 1.39. The number of hydrazine groups is 1. The van der Waals surface area contributed by atoms with E-state index >= 15 is 0 Å². The molecule has 0 aromatic heterocycles. The predicted molar refractivity (Wildman–Crippen MR) is 61.1 cm³/mol. The van der Waals surface area contributed by atoms with Gasteiger partial charge in [-0.25, -0.2) is 15.2 Å². The van der Waals surface area contributed by atoms with Crippen molar-refractivity contribution in [3.63, 3.8) is 0 Å². The summed E-state index contributed by atoms with van der Waals surface area (Å²) in [4.78, 5) is 23.2. The normalized spacial score (nSPS) is 16.7. The Morgan fingerprint density at radius 3 is 2.41 bits per heavy atom. The maximum absolute atomic E-state index is 12.0. The summed E-state index contributed by atoms with van der Waals surface area (Å²) in [6, 6.07) is -0.0160. The average Bonchev–Trinajstić information content (AvgIpc) is 2.35. The van der Waals surface area contributed by atoms with Gasteiger partial charge in [0.25, 0.3) is 0 Å². The first-order valence-corrected chi connectivity index (χ1v) is 5.81. The van der Waals surface area contributed by atoms with Crippen molar-refractivity contribution >= 4 is 12.0 Å². The molecule has 0 bridgehead atoms. The Morgan fingerprint density at radius 2 is 1.94 bits per heavy atom. The Labute approximate surface area is 101 Å². The number of carbonyl (C=O) groups is 2. The van der Waals surface area contributed by atoms with Crippen LogP contribution in [0.3, 0.4) is 0 Å². The van der Waals surface area contributed by atoms with Crippen molar-refractivity contribution in [2.45, 2.75) is 32.7 Å². The van der Waals surface area contributed by atoms with Gasteiger partial charge in [-0.1, -0.05) is 13.8 Å². The minimum atomic E-state index is -0.620. The quantitative estimate of drug-likeness (QED) is 0.733. The van der Waals surface area contributed by atoms with Crippen LogP contribution < -0.4 is 5.43 Å². The highest BCUT2D eigenvalue weighted by Gasteiger charge is 2.29. The summed E-state index contributed by atoms with van der Waals surface area (Å²) in [7, 11) is 1.28. The third-order valence-corrected chi connectivity index (χ3v) is 2.68. The molecule has 0 aromatic carbocycles. The van der Waals surface area contributed by atoms with Gasteiger partial charge >= 0.3 is 6.09 Å². The zero-order chi connectivity index (χ0) is 12.8. The number of methoxy groups -OCH3 is 1. The minimum Gasteiger partial charge on any atom is -0.452 e. The van der Waals surface area contributed by atoms with Crippen LogP contribution in [0.2, 0.25) is 0 Å². The SMILES string of the molecule is COC(=O)NN(C(=O)C(C)C)C1CCOCC1. The average molecular weight is 244 g/mol. The standard InChI is InChI=1S/C11H20N2O4/c1-8(2)10(14)13(12-11(15)16-3)9-4-6-17-7-5-9/h8-9H,4-7H2,1-3H3,(H,12,15). The molecule has 1 aliphatic heterocycles. The van der Waals surface area contributed by atoms with Crippen LogP contribution in [0.5, 0.6) is 0 Å². The van der Waals surface area contributed by atoms with Crippen LogP contribution in [0.4, 0.5) is 4.79 Å². The number of ether oxygens (including phenoxy) is 2. The number of carbonyl (C=O) groups excluding carboxylic acids is 2. The Balaban J connectivity index is 2.69.